The summed E-state index contributed by atoms with van der Waals surface area (Å²) < 4.78 is 5.64. The molecule has 0 aromatic heterocycles. The van der Waals surface area contributed by atoms with Gasteiger partial charge < -0.3 is 4.74 Å². The molecule has 0 radical (unpaired) electrons. The van der Waals surface area contributed by atoms with Crippen molar-refractivity contribution in [3.8, 4) is 0 Å². The number of hydrogen-bond donors (Lipinski definition) is 0. The van der Waals surface area contributed by atoms with Gasteiger partial charge in [0.25, 0.3) is 0 Å². The van der Waals surface area contributed by atoms with Gasteiger partial charge in [-0.15, -0.1) is 6.58 Å². The third-order valence-electron chi connectivity index (χ3n) is 2.12. The second-order valence-electron chi connectivity index (χ2n) is 3.07. The summed E-state index contributed by atoms with van der Waals surface area (Å²) in [6.45, 7) is 12.5. The molecule has 0 unspecified atom stereocenters. The van der Waals surface area contributed by atoms with Crippen molar-refractivity contribution < 1.29 is 4.74 Å². The van der Waals surface area contributed by atoms with Crippen LogP contribution in [-0.4, -0.2) is 12.7 Å². The molecule has 0 aromatic rings. The average molecular weight is 180 g/mol. The molecule has 0 aliphatic rings. The highest BCUT2D eigenvalue weighted by atomic mass is 16.5. The van der Waals surface area contributed by atoms with Crippen LogP contribution >= 0.6 is 0 Å². The summed E-state index contributed by atoms with van der Waals surface area (Å²) in [7, 11) is 0. The monoisotopic (exact) mass is 180 g/mol. The third kappa shape index (κ3) is 4.09. The largest absolute Gasteiger partial charge is 0.365 e. The Morgan fingerprint density at radius 3 is 2.00 bits per heavy atom. The van der Waals surface area contributed by atoms with E-state index < -0.39 is 0 Å². The highest BCUT2D eigenvalue weighted by Gasteiger charge is 2.10. The molecule has 0 heterocycles. The first kappa shape index (κ1) is 12.2. The van der Waals surface area contributed by atoms with Gasteiger partial charge in [0.2, 0.25) is 0 Å². The summed E-state index contributed by atoms with van der Waals surface area (Å²) in [6.07, 6.45) is 6.06. The van der Waals surface area contributed by atoms with Crippen LogP contribution in [0.4, 0.5) is 0 Å². The van der Waals surface area contributed by atoms with Crippen LogP contribution in [0.2, 0.25) is 0 Å². The highest BCUT2D eigenvalue weighted by Crippen LogP contribution is 2.15. The molecule has 74 valence electrons. The quantitative estimate of drug-likeness (QED) is 0.588. The van der Waals surface area contributed by atoms with Crippen molar-refractivity contribution >= 4 is 0 Å². The SMILES string of the molecule is C=CCOC(C(C)=CC)C(C)=CC. The van der Waals surface area contributed by atoms with Gasteiger partial charge in [-0.3, -0.25) is 0 Å². The molecule has 0 fully saturated rings. The Morgan fingerprint density at radius 2 is 1.69 bits per heavy atom. The molecule has 0 aromatic carbocycles. The van der Waals surface area contributed by atoms with E-state index in [1.165, 1.54) is 11.1 Å². The van der Waals surface area contributed by atoms with Crippen LogP contribution in [0.25, 0.3) is 0 Å². The number of rotatable bonds is 5. The fourth-order valence-corrected chi connectivity index (χ4v) is 1.09. The van der Waals surface area contributed by atoms with Crippen LogP contribution in [0, 0.1) is 0 Å². The highest BCUT2D eigenvalue weighted by molar-refractivity contribution is 5.19. The minimum atomic E-state index is 0.119. The zero-order valence-electron chi connectivity index (χ0n) is 9.13. The van der Waals surface area contributed by atoms with E-state index >= 15 is 0 Å². The Kier molecular flexibility index (Phi) is 6.25. The first-order valence-corrected chi connectivity index (χ1v) is 4.65. The van der Waals surface area contributed by atoms with Crippen LogP contribution in [-0.2, 0) is 4.74 Å². The fourth-order valence-electron chi connectivity index (χ4n) is 1.09. The van der Waals surface area contributed by atoms with Gasteiger partial charge in [0.05, 0.1) is 12.7 Å². The predicted molar refractivity (Wildman–Crippen MR) is 58.8 cm³/mol. The molecular formula is C12H20O. The summed E-state index contributed by atoms with van der Waals surface area (Å²) in [4.78, 5) is 0. The van der Waals surface area contributed by atoms with Crippen molar-refractivity contribution in [2.45, 2.75) is 33.8 Å². The van der Waals surface area contributed by atoms with Gasteiger partial charge in [-0.25, -0.2) is 0 Å². The first-order valence-electron chi connectivity index (χ1n) is 4.65. The Balaban J connectivity index is 4.45. The summed E-state index contributed by atoms with van der Waals surface area (Å²) in [5.41, 5.74) is 2.50. The third-order valence-corrected chi connectivity index (χ3v) is 2.12. The molecule has 0 bridgehead atoms. The molecule has 0 saturated carbocycles. The molecular weight excluding hydrogens is 160 g/mol. The van der Waals surface area contributed by atoms with Gasteiger partial charge in [0.15, 0.2) is 0 Å². The lowest BCUT2D eigenvalue weighted by Gasteiger charge is -2.18. The maximum absolute atomic E-state index is 5.64. The summed E-state index contributed by atoms with van der Waals surface area (Å²) in [5.74, 6) is 0. The molecule has 0 aliphatic carbocycles. The van der Waals surface area contributed by atoms with Gasteiger partial charge in [0.1, 0.15) is 0 Å². The van der Waals surface area contributed by atoms with E-state index in [1.54, 1.807) is 6.08 Å². The summed E-state index contributed by atoms with van der Waals surface area (Å²) >= 11 is 0. The molecule has 0 aliphatic heterocycles. The van der Waals surface area contributed by atoms with E-state index in [4.69, 9.17) is 4.74 Å². The molecule has 1 nitrogen and oxygen atoms in total. The van der Waals surface area contributed by atoms with Crippen LogP contribution in [0.3, 0.4) is 0 Å². The molecule has 0 atom stereocenters. The lowest BCUT2D eigenvalue weighted by molar-refractivity contribution is 0.126. The number of hydrogen-bond acceptors (Lipinski definition) is 1. The molecule has 0 N–H and O–H groups in total. The Hall–Kier alpha value is -0.820. The van der Waals surface area contributed by atoms with Crippen molar-refractivity contribution in [1.29, 1.82) is 0 Å². The van der Waals surface area contributed by atoms with Gasteiger partial charge in [-0.1, -0.05) is 18.2 Å². The lowest BCUT2D eigenvalue weighted by atomic mass is 10.0. The molecule has 13 heavy (non-hydrogen) atoms. The van der Waals surface area contributed by atoms with Crippen molar-refractivity contribution in [1.82, 2.24) is 0 Å². The first-order chi connectivity index (χ1) is 6.17. The standard InChI is InChI=1S/C12H20O/c1-6-9-13-12(10(4)7-2)11(5)8-3/h6-8,12H,1,9H2,2-5H3. The normalized spacial score (nSPS) is 15.7. The fraction of sp³-hybridized carbons (Fsp3) is 0.500. The van der Waals surface area contributed by atoms with Crippen LogP contribution in [0.5, 0.6) is 0 Å². The minimum absolute atomic E-state index is 0.119. The lowest BCUT2D eigenvalue weighted by Crippen LogP contribution is -2.16. The predicted octanol–water partition coefficient (Wildman–Crippen LogP) is 3.49. The minimum Gasteiger partial charge on any atom is -0.365 e. The van der Waals surface area contributed by atoms with Gasteiger partial charge in [-0.05, 0) is 38.8 Å². The van der Waals surface area contributed by atoms with Crippen molar-refractivity contribution in [2.75, 3.05) is 6.61 Å². The zero-order chi connectivity index (χ0) is 10.3. The average Bonchev–Trinajstić information content (AvgIpc) is 2.17. The van der Waals surface area contributed by atoms with Gasteiger partial charge in [0, 0.05) is 0 Å². The number of ether oxygens (including phenoxy) is 1. The van der Waals surface area contributed by atoms with Gasteiger partial charge >= 0.3 is 0 Å². The van der Waals surface area contributed by atoms with Crippen molar-refractivity contribution in [2.24, 2.45) is 0 Å². The van der Waals surface area contributed by atoms with Crippen LogP contribution in [0.15, 0.2) is 36.0 Å². The Bertz CT molecular complexity index is 193. The maximum atomic E-state index is 5.64. The van der Waals surface area contributed by atoms with E-state index in [1.807, 2.05) is 13.8 Å². The summed E-state index contributed by atoms with van der Waals surface area (Å²) in [6, 6.07) is 0. The molecule has 0 saturated heterocycles. The van der Waals surface area contributed by atoms with E-state index in [2.05, 4.69) is 32.6 Å². The smallest absolute Gasteiger partial charge is 0.0994 e. The van der Waals surface area contributed by atoms with E-state index in [-0.39, 0.29) is 6.10 Å². The number of allylic oxidation sites excluding steroid dienone is 2. The van der Waals surface area contributed by atoms with E-state index in [9.17, 15) is 0 Å². The van der Waals surface area contributed by atoms with Crippen molar-refractivity contribution in [3.63, 3.8) is 0 Å². The molecule has 0 spiro atoms. The van der Waals surface area contributed by atoms with Crippen molar-refractivity contribution in [3.05, 3.63) is 36.0 Å². The van der Waals surface area contributed by atoms with E-state index in [0.717, 1.165) is 0 Å². The Morgan fingerprint density at radius 1 is 1.23 bits per heavy atom. The second-order valence-corrected chi connectivity index (χ2v) is 3.07. The summed E-state index contributed by atoms with van der Waals surface area (Å²) in [5, 5.41) is 0. The van der Waals surface area contributed by atoms with E-state index in [0.29, 0.717) is 6.61 Å². The molecule has 0 amide bonds. The van der Waals surface area contributed by atoms with Crippen LogP contribution < -0.4 is 0 Å². The maximum Gasteiger partial charge on any atom is 0.0994 e. The second kappa shape index (κ2) is 6.67. The topological polar surface area (TPSA) is 9.23 Å². The zero-order valence-corrected chi connectivity index (χ0v) is 9.13. The van der Waals surface area contributed by atoms with Gasteiger partial charge in [-0.2, -0.15) is 0 Å². The Labute approximate surface area is 81.8 Å². The van der Waals surface area contributed by atoms with Crippen LogP contribution in [0.1, 0.15) is 27.7 Å². The molecule has 0 rings (SSSR count). The molecule has 1 heteroatoms.